The van der Waals surface area contributed by atoms with E-state index in [0.717, 1.165) is 19.5 Å². The van der Waals surface area contributed by atoms with Gasteiger partial charge in [-0.1, -0.05) is 34.6 Å². The fourth-order valence-electron chi connectivity index (χ4n) is 0.928. The van der Waals surface area contributed by atoms with Crippen LogP contribution in [-0.2, 0) is 0 Å². The third-order valence-electron chi connectivity index (χ3n) is 3.07. The highest BCUT2D eigenvalue weighted by atomic mass is 14.9. The Kier molecular flexibility index (Phi) is 5.57. The summed E-state index contributed by atoms with van der Waals surface area (Å²) < 4.78 is 0. The Bertz CT molecular complexity index is 130. The first kappa shape index (κ1) is 12.9. The quantitative estimate of drug-likeness (QED) is 0.666. The van der Waals surface area contributed by atoms with E-state index in [1.165, 1.54) is 0 Å². The van der Waals surface area contributed by atoms with Crippen LogP contribution < -0.4 is 11.1 Å². The summed E-state index contributed by atoms with van der Waals surface area (Å²) in [5, 5.41) is 3.43. The van der Waals surface area contributed by atoms with Gasteiger partial charge in [0.2, 0.25) is 0 Å². The zero-order valence-electron chi connectivity index (χ0n) is 9.85. The number of hydrogen-bond donors (Lipinski definition) is 2. The lowest BCUT2D eigenvalue weighted by molar-refractivity contribution is 0.237. The van der Waals surface area contributed by atoms with E-state index >= 15 is 0 Å². The molecular formula is C11H26N2. The number of hydrogen-bond acceptors (Lipinski definition) is 2. The van der Waals surface area contributed by atoms with Crippen LogP contribution in [0.5, 0.6) is 0 Å². The normalized spacial score (nSPS) is 15.0. The maximum atomic E-state index is 5.82. The molecule has 0 aliphatic heterocycles. The molecule has 0 spiro atoms. The van der Waals surface area contributed by atoms with Gasteiger partial charge in [0.15, 0.2) is 0 Å². The highest BCUT2D eigenvalue weighted by molar-refractivity contribution is 4.76. The van der Waals surface area contributed by atoms with Gasteiger partial charge >= 0.3 is 0 Å². The third-order valence-corrected chi connectivity index (χ3v) is 3.07. The summed E-state index contributed by atoms with van der Waals surface area (Å²) in [7, 11) is 0. The standard InChI is InChI=1S/C11H26N2/c1-6-10(12)7-13-8-11(4,5)9(2)3/h9-10,13H,6-8,12H2,1-5H3. The van der Waals surface area contributed by atoms with Gasteiger partial charge in [0.05, 0.1) is 0 Å². The lowest BCUT2D eigenvalue weighted by Gasteiger charge is -2.30. The van der Waals surface area contributed by atoms with Gasteiger partial charge in [-0.3, -0.25) is 0 Å². The molecule has 2 heteroatoms. The molecule has 0 heterocycles. The van der Waals surface area contributed by atoms with Gasteiger partial charge in [0, 0.05) is 19.1 Å². The Morgan fingerprint density at radius 3 is 2.23 bits per heavy atom. The third kappa shape index (κ3) is 5.27. The van der Waals surface area contributed by atoms with Crippen molar-refractivity contribution in [2.45, 2.75) is 47.1 Å². The van der Waals surface area contributed by atoms with E-state index in [-0.39, 0.29) is 0 Å². The number of nitrogens with one attached hydrogen (secondary N) is 1. The lowest BCUT2D eigenvalue weighted by atomic mass is 9.81. The first-order chi connectivity index (χ1) is 5.90. The summed E-state index contributed by atoms with van der Waals surface area (Å²) in [6, 6.07) is 0.308. The van der Waals surface area contributed by atoms with Gasteiger partial charge in [-0.15, -0.1) is 0 Å². The second-order valence-corrected chi connectivity index (χ2v) is 4.94. The van der Waals surface area contributed by atoms with Crippen LogP contribution >= 0.6 is 0 Å². The van der Waals surface area contributed by atoms with E-state index < -0.39 is 0 Å². The molecule has 0 saturated heterocycles. The molecular weight excluding hydrogens is 160 g/mol. The van der Waals surface area contributed by atoms with Crippen LogP contribution in [-0.4, -0.2) is 19.1 Å². The average molecular weight is 186 g/mol. The van der Waals surface area contributed by atoms with Crippen molar-refractivity contribution in [3.05, 3.63) is 0 Å². The second kappa shape index (κ2) is 5.61. The van der Waals surface area contributed by atoms with Gasteiger partial charge in [-0.05, 0) is 17.8 Å². The van der Waals surface area contributed by atoms with E-state index in [1.54, 1.807) is 0 Å². The zero-order valence-corrected chi connectivity index (χ0v) is 9.85. The van der Waals surface area contributed by atoms with Crippen molar-refractivity contribution >= 4 is 0 Å². The molecule has 0 aromatic carbocycles. The molecule has 2 nitrogen and oxygen atoms in total. The van der Waals surface area contributed by atoms with Crippen LogP contribution in [0.15, 0.2) is 0 Å². The summed E-state index contributed by atoms with van der Waals surface area (Å²) >= 11 is 0. The molecule has 0 aliphatic rings. The van der Waals surface area contributed by atoms with E-state index in [1.807, 2.05) is 0 Å². The summed E-state index contributed by atoms with van der Waals surface area (Å²) in [6.07, 6.45) is 1.05. The smallest absolute Gasteiger partial charge is 0.0162 e. The monoisotopic (exact) mass is 186 g/mol. The van der Waals surface area contributed by atoms with E-state index in [4.69, 9.17) is 5.73 Å². The zero-order chi connectivity index (χ0) is 10.5. The van der Waals surface area contributed by atoms with Gasteiger partial charge in [-0.2, -0.15) is 0 Å². The topological polar surface area (TPSA) is 38.0 Å². The van der Waals surface area contributed by atoms with Gasteiger partial charge < -0.3 is 11.1 Å². The maximum Gasteiger partial charge on any atom is 0.0162 e. The number of rotatable bonds is 6. The molecule has 0 rings (SSSR count). The highest BCUT2D eigenvalue weighted by Crippen LogP contribution is 2.24. The first-order valence-corrected chi connectivity index (χ1v) is 5.36. The molecule has 1 atom stereocenters. The Labute approximate surface area is 83.3 Å². The molecule has 0 radical (unpaired) electrons. The van der Waals surface area contributed by atoms with Gasteiger partial charge in [0.25, 0.3) is 0 Å². The van der Waals surface area contributed by atoms with Gasteiger partial charge in [0.1, 0.15) is 0 Å². The second-order valence-electron chi connectivity index (χ2n) is 4.94. The molecule has 0 aromatic heterocycles. The molecule has 0 amide bonds. The largest absolute Gasteiger partial charge is 0.327 e. The molecule has 0 aliphatic carbocycles. The predicted octanol–water partition coefficient (Wildman–Crippen LogP) is 2.00. The van der Waals surface area contributed by atoms with Crippen molar-refractivity contribution in [3.8, 4) is 0 Å². The van der Waals surface area contributed by atoms with Crippen molar-refractivity contribution in [2.75, 3.05) is 13.1 Å². The van der Waals surface area contributed by atoms with Crippen molar-refractivity contribution in [1.29, 1.82) is 0 Å². The molecule has 13 heavy (non-hydrogen) atoms. The summed E-state index contributed by atoms with van der Waals surface area (Å²) in [5.41, 5.74) is 6.18. The average Bonchev–Trinajstić information content (AvgIpc) is 2.03. The SMILES string of the molecule is CCC(N)CNCC(C)(C)C(C)C. The molecule has 3 N–H and O–H groups in total. The van der Waals surface area contributed by atoms with Crippen LogP contribution in [0.1, 0.15) is 41.0 Å². The maximum absolute atomic E-state index is 5.82. The fraction of sp³-hybridized carbons (Fsp3) is 1.00. The predicted molar refractivity (Wildman–Crippen MR) is 59.8 cm³/mol. The molecule has 0 saturated carbocycles. The van der Waals surface area contributed by atoms with E-state index in [0.29, 0.717) is 17.4 Å². The van der Waals surface area contributed by atoms with Crippen molar-refractivity contribution in [2.24, 2.45) is 17.1 Å². The minimum absolute atomic E-state index is 0.308. The Balaban J connectivity index is 3.63. The molecule has 1 unspecified atom stereocenters. The molecule has 0 bridgehead atoms. The van der Waals surface area contributed by atoms with E-state index in [9.17, 15) is 0 Å². The minimum atomic E-state index is 0.308. The van der Waals surface area contributed by atoms with Gasteiger partial charge in [-0.25, -0.2) is 0 Å². The highest BCUT2D eigenvalue weighted by Gasteiger charge is 2.21. The Hall–Kier alpha value is -0.0800. The Morgan fingerprint density at radius 1 is 1.31 bits per heavy atom. The summed E-state index contributed by atoms with van der Waals surface area (Å²) in [4.78, 5) is 0. The van der Waals surface area contributed by atoms with Crippen molar-refractivity contribution < 1.29 is 0 Å². The fourth-order valence-corrected chi connectivity index (χ4v) is 0.928. The first-order valence-electron chi connectivity index (χ1n) is 5.36. The lowest BCUT2D eigenvalue weighted by Crippen LogP contribution is -2.40. The van der Waals surface area contributed by atoms with Crippen molar-refractivity contribution in [1.82, 2.24) is 5.32 Å². The van der Waals surface area contributed by atoms with E-state index in [2.05, 4.69) is 39.9 Å². The Morgan fingerprint density at radius 2 is 1.85 bits per heavy atom. The van der Waals surface area contributed by atoms with Crippen molar-refractivity contribution in [3.63, 3.8) is 0 Å². The minimum Gasteiger partial charge on any atom is -0.327 e. The number of nitrogens with two attached hydrogens (primary N) is 1. The van der Waals surface area contributed by atoms with Crippen LogP contribution in [0.2, 0.25) is 0 Å². The molecule has 0 aromatic rings. The van der Waals surface area contributed by atoms with Crippen LogP contribution in [0.25, 0.3) is 0 Å². The molecule has 0 fully saturated rings. The van der Waals surface area contributed by atoms with Crippen LogP contribution in [0, 0.1) is 11.3 Å². The summed E-state index contributed by atoms with van der Waals surface area (Å²) in [6.45, 7) is 13.2. The van der Waals surface area contributed by atoms with Crippen LogP contribution in [0.4, 0.5) is 0 Å². The molecule has 80 valence electrons. The summed E-state index contributed by atoms with van der Waals surface area (Å²) in [5.74, 6) is 0.706. The van der Waals surface area contributed by atoms with Crippen LogP contribution in [0.3, 0.4) is 0 Å².